The average Bonchev–Trinajstić information content (AvgIpc) is 2.97. The third-order valence-electron chi connectivity index (χ3n) is 4.22. The van der Waals surface area contributed by atoms with Gasteiger partial charge in [0.1, 0.15) is 0 Å². The molecule has 112 valence electrons. The molecule has 0 saturated heterocycles. The second-order valence-electron chi connectivity index (χ2n) is 5.43. The van der Waals surface area contributed by atoms with Crippen LogP contribution in [0.3, 0.4) is 0 Å². The highest BCUT2D eigenvalue weighted by Gasteiger charge is 2.25. The Bertz CT molecular complexity index is 439. The fraction of sp³-hybridized carbons (Fsp3) is 0.733. The number of carbonyl (C=O) groups excluding carboxylic acids is 1. The van der Waals surface area contributed by atoms with Gasteiger partial charge in [-0.3, -0.25) is 0 Å². The quantitative estimate of drug-likeness (QED) is 0.777. The Morgan fingerprint density at radius 2 is 2.10 bits per heavy atom. The van der Waals surface area contributed by atoms with Gasteiger partial charge in [-0.25, -0.2) is 9.78 Å². The van der Waals surface area contributed by atoms with Gasteiger partial charge in [0.15, 0.2) is 10.8 Å². The van der Waals surface area contributed by atoms with Crippen molar-refractivity contribution in [3.8, 4) is 0 Å². The molecule has 0 radical (unpaired) electrons. The number of hydrogen-bond donors (Lipinski definition) is 0. The number of ether oxygens (including phenoxy) is 1. The number of nitrogens with zero attached hydrogens (tertiary/aromatic N) is 2. The Balaban J connectivity index is 1.96. The van der Waals surface area contributed by atoms with Crippen LogP contribution in [0.15, 0.2) is 5.38 Å². The van der Waals surface area contributed by atoms with Gasteiger partial charge < -0.3 is 9.64 Å². The monoisotopic (exact) mass is 296 g/mol. The highest BCUT2D eigenvalue weighted by molar-refractivity contribution is 7.13. The first kappa shape index (κ1) is 15.3. The molecule has 0 spiro atoms. The molecular weight excluding hydrogens is 272 g/mol. The van der Waals surface area contributed by atoms with Crippen LogP contribution >= 0.6 is 11.3 Å². The molecule has 4 nitrogen and oxygen atoms in total. The SMILES string of the molecule is CCOC(=O)c1csc(N(C)C2CCC(CC)CC2)n1. The Kier molecular flexibility index (Phi) is 5.40. The number of thiazole rings is 1. The summed E-state index contributed by atoms with van der Waals surface area (Å²) in [6.45, 7) is 4.48. The summed E-state index contributed by atoms with van der Waals surface area (Å²) < 4.78 is 4.98. The van der Waals surface area contributed by atoms with Gasteiger partial charge in [0.2, 0.25) is 0 Å². The van der Waals surface area contributed by atoms with E-state index in [1.165, 1.54) is 43.4 Å². The van der Waals surface area contributed by atoms with Gasteiger partial charge in [-0.05, 0) is 38.5 Å². The second-order valence-corrected chi connectivity index (χ2v) is 6.27. The lowest BCUT2D eigenvalue weighted by Gasteiger charge is -2.34. The molecule has 0 amide bonds. The lowest BCUT2D eigenvalue weighted by Crippen LogP contribution is -2.35. The third-order valence-corrected chi connectivity index (χ3v) is 5.15. The number of anilines is 1. The van der Waals surface area contributed by atoms with Gasteiger partial charge in [0, 0.05) is 18.5 Å². The molecule has 1 aromatic heterocycles. The van der Waals surface area contributed by atoms with Crippen molar-refractivity contribution in [2.45, 2.75) is 52.0 Å². The van der Waals surface area contributed by atoms with Crippen LogP contribution < -0.4 is 4.90 Å². The molecule has 0 aliphatic heterocycles. The molecule has 1 saturated carbocycles. The predicted octanol–water partition coefficient (Wildman–Crippen LogP) is 3.72. The van der Waals surface area contributed by atoms with Crippen LogP contribution in [0, 0.1) is 5.92 Å². The summed E-state index contributed by atoms with van der Waals surface area (Å²) in [7, 11) is 2.09. The largest absolute Gasteiger partial charge is 0.461 e. The molecule has 0 bridgehead atoms. The smallest absolute Gasteiger partial charge is 0.357 e. The first-order valence-corrected chi connectivity index (χ1v) is 8.39. The van der Waals surface area contributed by atoms with Crippen molar-refractivity contribution in [1.82, 2.24) is 4.98 Å². The van der Waals surface area contributed by atoms with Crippen molar-refractivity contribution in [3.63, 3.8) is 0 Å². The zero-order valence-corrected chi connectivity index (χ0v) is 13.4. The Morgan fingerprint density at radius 1 is 1.40 bits per heavy atom. The maximum Gasteiger partial charge on any atom is 0.357 e. The topological polar surface area (TPSA) is 42.4 Å². The molecule has 1 heterocycles. The highest BCUT2D eigenvalue weighted by Crippen LogP contribution is 2.32. The van der Waals surface area contributed by atoms with Crippen LogP contribution in [-0.4, -0.2) is 30.6 Å². The van der Waals surface area contributed by atoms with E-state index < -0.39 is 0 Å². The Morgan fingerprint density at radius 3 is 2.70 bits per heavy atom. The molecular formula is C15H24N2O2S. The van der Waals surface area contributed by atoms with Crippen molar-refractivity contribution in [1.29, 1.82) is 0 Å². The third kappa shape index (κ3) is 3.51. The molecule has 2 rings (SSSR count). The maximum atomic E-state index is 11.6. The van der Waals surface area contributed by atoms with E-state index in [4.69, 9.17) is 4.74 Å². The van der Waals surface area contributed by atoms with Crippen molar-refractivity contribution >= 4 is 22.4 Å². The molecule has 0 N–H and O–H groups in total. The fourth-order valence-corrected chi connectivity index (χ4v) is 3.65. The summed E-state index contributed by atoms with van der Waals surface area (Å²) >= 11 is 1.53. The van der Waals surface area contributed by atoms with Crippen molar-refractivity contribution in [2.75, 3.05) is 18.6 Å². The number of hydrogen-bond acceptors (Lipinski definition) is 5. The number of carbonyl (C=O) groups is 1. The zero-order valence-electron chi connectivity index (χ0n) is 12.6. The van der Waals surface area contributed by atoms with Crippen LogP contribution in [-0.2, 0) is 4.74 Å². The van der Waals surface area contributed by atoms with E-state index in [2.05, 4.69) is 23.9 Å². The van der Waals surface area contributed by atoms with Gasteiger partial charge >= 0.3 is 5.97 Å². The van der Waals surface area contributed by atoms with Crippen LogP contribution in [0.4, 0.5) is 5.13 Å². The van der Waals surface area contributed by atoms with Crippen LogP contribution in [0.5, 0.6) is 0 Å². The normalized spacial score (nSPS) is 22.6. The lowest BCUT2D eigenvalue weighted by molar-refractivity contribution is 0.0520. The predicted molar refractivity (Wildman–Crippen MR) is 82.5 cm³/mol. The van der Waals surface area contributed by atoms with E-state index in [0.717, 1.165) is 11.0 Å². The van der Waals surface area contributed by atoms with E-state index in [1.807, 2.05) is 6.92 Å². The molecule has 0 aromatic carbocycles. The first-order valence-electron chi connectivity index (χ1n) is 7.51. The van der Waals surface area contributed by atoms with E-state index in [-0.39, 0.29) is 5.97 Å². The van der Waals surface area contributed by atoms with Crippen molar-refractivity contribution in [2.24, 2.45) is 5.92 Å². The summed E-state index contributed by atoms with van der Waals surface area (Å²) in [5, 5.41) is 2.72. The molecule has 1 aliphatic carbocycles. The van der Waals surface area contributed by atoms with E-state index in [0.29, 0.717) is 18.3 Å². The average molecular weight is 296 g/mol. The minimum Gasteiger partial charge on any atom is -0.461 e. The summed E-state index contributed by atoms with van der Waals surface area (Å²) in [5.74, 6) is 0.573. The van der Waals surface area contributed by atoms with E-state index >= 15 is 0 Å². The highest BCUT2D eigenvalue weighted by atomic mass is 32.1. The minimum absolute atomic E-state index is 0.321. The van der Waals surface area contributed by atoms with Gasteiger partial charge in [-0.15, -0.1) is 11.3 Å². The van der Waals surface area contributed by atoms with Crippen LogP contribution in [0.25, 0.3) is 0 Å². The summed E-state index contributed by atoms with van der Waals surface area (Å²) in [4.78, 5) is 18.3. The molecule has 0 atom stereocenters. The van der Waals surface area contributed by atoms with Crippen LogP contribution in [0.2, 0.25) is 0 Å². The zero-order chi connectivity index (χ0) is 14.5. The maximum absolute atomic E-state index is 11.6. The lowest BCUT2D eigenvalue weighted by atomic mass is 9.84. The summed E-state index contributed by atoms with van der Waals surface area (Å²) in [6.07, 6.45) is 6.36. The van der Waals surface area contributed by atoms with Gasteiger partial charge in [0.25, 0.3) is 0 Å². The van der Waals surface area contributed by atoms with Crippen molar-refractivity contribution < 1.29 is 9.53 Å². The Hall–Kier alpha value is -1.10. The summed E-state index contributed by atoms with van der Waals surface area (Å²) in [5.41, 5.74) is 0.431. The number of rotatable bonds is 5. The van der Waals surface area contributed by atoms with Crippen molar-refractivity contribution in [3.05, 3.63) is 11.1 Å². The first-order chi connectivity index (χ1) is 9.65. The number of esters is 1. The Labute approximate surface area is 125 Å². The molecule has 1 aromatic rings. The molecule has 5 heteroatoms. The molecule has 0 unspecified atom stereocenters. The molecule has 20 heavy (non-hydrogen) atoms. The van der Waals surface area contributed by atoms with E-state index in [1.54, 1.807) is 5.38 Å². The van der Waals surface area contributed by atoms with Gasteiger partial charge in [-0.1, -0.05) is 13.3 Å². The fourth-order valence-electron chi connectivity index (χ4n) is 2.82. The van der Waals surface area contributed by atoms with Gasteiger partial charge in [0.05, 0.1) is 6.61 Å². The molecule has 1 fully saturated rings. The summed E-state index contributed by atoms with van der Waals surface area (Å²) in [6, 6.07) is 0.555. The van der Waals surface area contributed by atoms with Gasteiger partial charge in [-0.2, -0.15) is 0 Å². The van der Waals surface area contributed by atoms with E-state index in [9.17, 15) is 4.79 Å². The minimum atomic E-state index is -0.321. The number of aromatic nitrogens is 1. The second kappa shape index (κ2) is 7.07. The molecule has 1 aliphatic rings. The standard InChI is InChI=1S/C15H24N2O2S/c1-4-11-6-8-12(9-7-11)17(3)15-16-13(10-20-15)14(18)19-5-2/h10-12H,4-9H2,1-3H3. The van der Waals surface area contributed by atoms with Crippen LogP contribution in [0.1, 0.15) is 56.4 Å².